The summed E-state index contributed by atoms with van der Waals surface area (Å²) in [5.41, 5.74) is 8.98. The van der Waals surface area contributed by atoms with Crippen molar-refractivity contribution in [1.82, 2.24) is 40.4 Å². The van der Waals surface area contributed by atoms with Gasteiger partial charge in [-0.25, -0.2) is 10.1 Å². The van der Waals surface area contributed by atoms with E-state index in [1.54, 1.807) is 23.5 Å². The highest BCUT2D eigenvalue weighted by Gasteiger charge is 2.27. The Hall–Kier alpha value is -4.80. The van der Waals surface area contributed by atoms with Crippen molar-refractivity contribution in [1.29, 1.82) is 0 Å². The lowest BCUT2D eigenvalue weighted by Gasteiger charge is -2.22. The number of aromatic nitrogens is 8. The van der Waals surface area contributed by atoms with Crippen molar-refractivity contribution in [2.45, 2.75) is 66.1 Å². The zero-order valence-corrected chi connectivity index (χ0v) is 28.7. The van der Waals surface area contributed by atoms with E-state index in [1.807, 2.05) is 18.2 Å². The molecule has 0 saturated heterocycles. The van der Waals surface area contributed by atoms with Crippen LogP contribution < -0.4 is 0 Å². The molecule has 0 radical (unpaired) electrons. The average Bonchev–Trinajstić information content (AvgIpc) is 3.85. The second kappa shape index (κ2) is 14.8. The van der Waals surface area contributed by atoms with Crippen LogP contribution in [0.4, 0.5) is 0 Å². The fourth-order valence-corrected chi connectivity index (χ4v) is 8.50. The Labute approximate surface area is 294 Å². The predicted molar refractivity (Wildman–Crippen MR) is 197 cm³/mol. The van der Waals surface area contributed by atoms with Crippen molar-refractivity contribution < 1.29 is 0 Å². The molecule has 244 valence electrons. The number of hydrogen-bond donors (Lipinski definition) is 1. The molecular formula is C39H36N8S2. The van der Waals surface area contributed by atoms with E-state index in [0.29, 0.717) is 18.3 Å². The van der Waals surface area contributed by atoms with Gasteiger partial charge >= 0.3 is 0 Å². The third kappa shape index (κ3) is 7.02. The Morgan fingerprint density at radius 2 is 1.27 bits per heavy atom. The molecule has 0 unspecified atom stereocenters. The highest BCUT2D eigenvalue weighted by Crippen LogP contribution is 2.40. The summed E-state index contributed by atoms with van der Waals surface area (Å²) in [5, 5.41) is 26.2. The first-order valence-corrected chi connectivity index (χ1v) is 18.8. The largest absolute Gasteiger partial charge is 0.321 e. The molecule has 0 atom stereocenters. The maximum Gasteiger partial charge on any atom is 0.180 e. The molecule has 1 saturated carbocycles. The van der Waals surface area contributed by atoms with Crippen molar-refractivity contribution in [3.8, 4) is 22.5 Å². The third-order valence-electron chi connectivity index (χ3n) is 9.17. The molecule has 7 aromatic rings. The fourth-order valence-electron chi connectivity index (χ4n) is 6.69. The Kier molecular flexibility index (Phi) is 9.48. The molecule has 1 aliphatic carbocycles. The first-order valence-electron chi connectivity index (χ1n) is 16.8. The van der Waals surface area contributed by atoms with Crippen LogP contribution in [0.1, 0.15) is 60.5 Å². The molecular weight excluding hydrogens is 645 g/mol. The van der Waals surface area contributed by atoms with E-state index in [1.165, 1.54) is 41.8 Å². The van der Waals surface area contributed by atoms with Crippen molar-refractivity contribution in [2.24, 2.45) is 0 Å². The third-order valence-corrected chi connectivity index (χ3v) is 11.2. The molecule has 1 fully saturated rings. The summed E-state index contributed by atoms with van der Waals surface area (Å²) < 4.78 is 2.46. The fraction of sp³-hybridized carbons (Fsp3) is 0.231. The number of nitrogens with zero attached hydrogens (tertiary/aromatic N) is 7. The summed E-state index contributed by atoms with van der Waals surface area (Å²) in [7, 11) is 0. The number of tetrazole rings is 1. The zero-order chi connectivity index (χ0) is 32.8. The number of imidazole rings is 1. The summed E-state index contributed by atoms with van der Waals surface area (Å²) in [6.07, 6.45) is 6.10. The van der Waals surface area contributed by atoms with E-state index < -0.39 is 0 Å². The van der Waals surface area contributed by atoms with Gasteiger partial charge in [0, 0.05) is 29.5 Å². The SMILES string of the molecule is c1ccc(CSc2nnc(SCc3ccccc3)c3c2nc(C2CCCCC2)n3Cc2ccc(-c3ccccc3-c3nnn[nH]3)cc2)cc1. The number of hydrogen-bond acceptors (Lipinski definition) is 8. The first kappa shape index (κ1) is 31.5. The van der Waals surface area contributed by atoms with Crippen LogP contribution in [0, 0.1) is 0 Å². The minimum atomic E-state index is 0.418. The van der Waals surface area contributed by atoms with Gasteiger partial charge < -0.3 is 4.57 Å². The predicted octanol–water partition coefficient (Wildman–Crippen LogP) is 9.35. The van der Waals surface area contributed by atoms with E-state index in [9.17, 15) is 0 Å². The van der Waals surface area contributed by atoms with Gasteiger partial charge in [-0.05, 0) is 51.1 Å². The van der Waals surface area contributed by atoms with Gasteiger partial charge in [-0.3, -0.25) is 0 Å². The number of benzene rings is 4. The summed E-state index contributed by atoms with van der Waals surface area (Å²) in [5.74, 6) is 3.88. The summed E-state index contributed by atoms with van der Waals surface area (Å²) in [6.45, 7) is 0.712. The number of aromatic amines is 1. The van der Waals surface area contributed by atoms with E-state index in [2.05, 4.69) is 116 Å². The molecule has 0 spiro atoms. The van der Waals surface area contributed by atoms with Gasteiger partial charge in [0.15, 0.2) is 5.82 Å². The normalized spacial score (nSPS) is 13.6. The van der Waals surface area contributed by atoms with Crippen LogP contribution in [0.15, 0.2) is 119 Å². The van der Waals surface area contributed by atoms with Crippen LogP contribution >= 0.6 is 23.5 Å². The lowest BCUT2D eigenvalue weighted by molar-refractivity contribution is 0.420. The standard InChI is InChI=1S/C39H36N8S2/c1-4-12-28(13-5-1)25-48-38-34-35(39(44-43-38)49-26-29-14-6-2-7-15-29)47(37(40-34)31-16-8-3-9-17-31)24-27-20-22-30(23-21-27)32-18-10-11-19-33(32)36-41-45-46-42-36/h1-2,4-7,10-15,18-23,31H,3,8-9,16-17,24-26H2,(H,41,42,45,46). The Balaban J connectivity index is 1.19. The molecule has 0 bridgehead atoms. The van der Waals surface area contributed by atoms with Crippen molar-refractivity contribution in [3.05, 3.63) is 132 Å². The average molecular weight is 681 g/mol. The lowest BCUT2D eigenvalue weighted by atomic mass is 9.88. The summed E-state index contributed by atoms with van der Waals surface area (Å²) in [6, 6.07) is 38.2. The Morgan fingerprint density at radius 3 is 1.94 bits per heavy atom. The van der Waals surface area contributed by atoms with E-state index in [-0.39, 0.29) is 0 Å². The molecule has 0 amide bonds. The number of rotatable bonds is 11. The Bertz CT molecular complexity index is 2130. The minimum Gasteiger partial charge on any atom is -0.321 e. The van der Waals surface area contributed by atoms with Crippen molar-refractivity contribution in [2.75, 3.05) is 0 Å². The Morgan fingerprint density at radius 1 is 0.633 bits per heavy atom. The van der Waals surface area contributed by atoms with Crippen LogP contribution in [0.25, 0.3) is 33.5 Å². The summed E-state index contributed by atoms with van der Waals surface area (Å²) >= 11 is 3.47. The molecule has 1 N–H and O–H groups in total. The highest BCUT2D eigenvalue weighted by molar-refractivity contribution is 7.99. The highest BCUT2D eigenvalue weighted by atomic mass is 32.2. The van der Waals surface area contributed by atoms with Crippen molar-refractivity contribution in [3.63, 3.8) is 0 Å². The monoisotopic (exact) mass is 680 g/mol. The molecule has 4 aromatic carbocycles. The molecule has 8 nitrogen and oxygen atoms in total. The second-order valence-corrected chi connectivity index (χ2v) is 14.4. The minimum absolute atomic E-state index is 0.418. The second-order valence-electron chi connectivity index (χ2n) is 12.4. The topological polar surface area (TPSA) is 98.1 Å². The summed E-state index contributed by atoms with van der Waals surface area (Å²) in [4.78, 5) is 5.47. The molecule has 49 heavy (non-hydrogen) atoms. The van der Waals surface area contributed by atoms with Gasteiger partial charge in [-0.15, -0.1) is 15.3 Å². The van der Waals surface area contributed by atoms with Crippen LogP contribution in [-0.2, 0) is 18.1 Å². The number of thioether (sulfide) groups is 2. The zero-order valence-electron chi connectivity index (χ0n) is 27.1. The van der Waals surface area contributed by atoms with Crippen LogP contribution in [0.2, 0.25) is 0 Å². The maximum atomic E-state index is 5.47. The molecule has 3 heterocycles. The van der Waals surface area contributed by atoms with Gasteiger partial charge in [0.2, 0.25) is 0 Å². The molecule has 8 rings (SSSR count). The number of fused-ring (bicyclic) bond motifs is 1. The molecule has 3 aromatic heterocycles. The lowest BCUT2D eigenvalue weighted by Crippen LogP contribution is -2.13. The van der Waals surface area contributed by atoms with Crippen LogP contribution in [0.5, 0.6) is 0 Å². The van der Waals surface area contributed by atoms with Gasteiger partial charge in [0.25, 0.3) is 0 Å². The molecule has 10 heteroatoms. The number of H-pyrrole nitrogens is 1. The van der Waals surface area contributed by atoms with Crippen molar-refractivity contribution >= 4 is 34.6 Å². The number of nitrogens with one attached hydrogen (secondary N) is 1. The quantitative estimate of drug-likeness (QED) is 0.135. The van der Waals surface area contributed by atoms with Gasteiger partial charge in [-0.1, -0.05) is 152 Å². The van der Waals surface area contributed by atoms with Gasteiger partial charge in [0.05, 0.1) is 0 Å². The van der Waals surface area contributed by atoms with Gasteiger partial charge in [-0.2, -0.15) is 0 Å². The molecule has 0 aliphatic heterocycles. The maximum absolute atomic E-state index is 5.47. The van der Waals surface area contributed by atoms with E-state index >= 15 is 0 Å². The first-order chi connectivity index (χ1) is 24.3. The van der Waals surface area contributed by atoms with Crippen LogP contribution in [-0.4, -0.2) is 40.4 Å². The van der Waals surface area contributed by atoms with E-state index in [0.717, 1.165) is 62.1 Å². The van der Waals surface area contributed by atoms with Crippen LogP contribution in [0.3, 0.4) is 0 Å². The van der Waals surface area contributed by atoms with E-state index in [4.69, 9.17) is 15.2 Å². The van der Waals surface area contributed by atoms with Gasteiger partial charge in [0.1, 0.15) is 26.9 Å². The smallest absolute Gasteiger partial charge is 0.180 e. The molecule has 1 aliphatic rings.